The van der Waals surface area contributed by atoms with Crippen molar-refractivity contribution in [3.63, 3.8) is 0 Å². The first-order valence-electron chi connectivity index (χ1n) is 7.09. The second-order valence-electron chi connectivity index (χ2n) is 4.92. The first-order chi connectivity index (χ1) is 10.9. The fourth-order valence-corrected chi connectivity index (χ4v) is 2.23. The van der Waals surface area contributed by atoms with Crippen LogP contribution in [0.4, 0.5) is 0 Å². The SMILES string of the molecule is COC(=O)C[C@H](C(=O)OC)[C@@H](NC(=O)[C@H]1CCCO1)C(=O)OC. The molecular formula is C14H21NO8. The molecule has 9 nitrogen and oxygen atoms in total. The summed E-state index contributed by atoms with van der Waals surface area (Å²) in [5.74, 6) is -4.23. The van der Waals surface area contributed by atoms with E-state index >= 15 is 0 Å². The highest BCUT2D eigenvalue weighted by Crippen LogP contribution is 2.17. The zero-order valence-electron chi connectivity index (χ0n) is 13.3. The van der Waals surface area contributed by atoms with Gasteiger partial charge in [0.05, 0.1) is 33.7 Å². The lowest BCUT2D eigenvalue weighted by Gasteiger charge is -2.24. The Kier molecular flexibility index (Phi) is 7.46. The minimum absolute atomic E-state index is 0.436. The van der Waals surface area contributed by atoms with Gasteiger partial charge < -0.3 is 24.3 Å². The molecule has 0 spiro atoms. The van der Waals surface area contributed by atoms with Crippen LogP contribution in [0.25, 0.3) is 0 Å². The number of hydrogen-bond donors (Lipinski definition) is 1. The van der Waals surface area contributed by atoms with Crippen molar-refractivity contribution in [2.24, 2.45) is 5.92 Å². The van der Waals surface area contributed by atoms with Crippen molar-refractivity contribution >= 4 is 23.8 Å². The van der Waals surface area contributed by atoms with E-state index in [0.29, 0.717) is 13.0 Å². The second-order valence-corrected chi connectivity index (χ2v) is 4.92. The van der Waals surface area contributed by atoms with E-state index in [-0.39, 0.29) is 0 Å². The average molecular weight is 331 g/mol. The Bertz CT molecular complexity index is 458. The van der Waals surface area contributed by atoms with Crippen LogP contribution >= 0.6 is 0 Å². The molecule has 0 aromatic heterocycles. The fourth-order valence-electron chi connectivity index (χ4n) is 2.23. The number of methoxy groups -OCH3 is 3. The summed E-state index contributed by atoms with van der Waals surface area (Å²) in [6.07, 6.45) is 0.108. The van der Waals surface area contributed by atoms with Crippen LogP contribution in [0.1, 0.15) is 19.3 Å². The topological polar surface area (TPSA) is 117 Å². The van der Waals surface area contributed by atoms with Gasteiger partial charge in [0.1, 0.15) is 12.1 Å². The highest BCUT2D eigenvalue weighted by Gasteiger charge is 2.40. The largest absolute Gasteiger partial charge is 0.469 e. The molecule has 3 atom stereocenters. The summed E-state index contributed by atoms with van der Waals surface area (Å²) in [5.41, 5.74) is 0. The van der Waals surface area contributed by atoms with Gasteiger partial charge in [0.15, 0.2) is 0 Å². The van der Waals surface area contributed by atoms with E-state index in [9.17, 15) is 19.2 Å². The molecule has 0 aromatic carbocycles. The number of esters is 3. The van der Waals surface area contributed by atoms with E-state index in [2.05, 4.69) is 19.5 Å². The lowest BCUT2D eigenvalue weighted by molar-refractivity contribution is -0.160. The Balaban J connectivity index is 2.93. The molecule has 1 aliphatic heterocycles. The molecule has 1 fully saturated rings. The molecule has 0 radical (unpaired) electrons. The van der Waals surface area contributed by atoms with Crippen LogP contribution in [0.3, 0.4) is 0 Å². The summed E-state index contributed by atoms with van der Waals surface area (Å²) < 4.78 is 18.9. The minimum atomic E-state index is -1.37. The highest BCUT2D eigenvalue weighted by molar-refractivity contribution is 5.92. The lowest BCUT2D eigenvalue weighted by atomic mass is 9.95. The van der Waals surface area contributed by atoms with Crippen molar-refractivity contribution in [1.29, 1.82) is 0 Å². The number of carbonyl (C=O) groups is 4. The predicted molar refractivity (Wildman–Crippen MR) is 75.1 cm³/mol. The number of amides is 1. The van der Waals surface area contributed by atoms with Crippen LogP contribution in [0, 0.1) is 5.92 Å². The Morgan fingerprint density at radius 1 is 1.09 bits per heavy atom. The van der Waals surface area contributed by atoms with Gasteiger partial charge in [-0.3, -0.25) is 14.4 Å². The molecule has 23 heavy (non-hydrogen) atoms. The second kappa shape index (κ2) is 9.09. The molecule has 0 bridgehead atoms. The summed E-state index contributed by atoms with van der Waals surface area (Å²) in [6, 6.07) is -1.37. The van der Waals surface area contributed by atoms with Crippen molar-refractivity contribution in [2.45, 2.75) is 31.4 Å². The Morgan fingerprint density at radius 3 is 2.22 bits per heavy atom. The van der Waals surface area contributed by atoms with Gasteiger partial charge in [-0.1, -0.05) is 0 Å². The zero-order valence-corrected chi connectivity index (χ0v) is 13.3. The molecule has 1 heterocycles. The van der Waals surface area contributed by atoms with Crippen LogP contribution in [0.2, 0.25) is 0 Å². The standard InChI is InChI=1S/C14H21NO8/c1-20-10(16)7-8(13(18)21-2)11(14(19)22-3)15-12(17)9-5-4-6-23-9/h8-9,11H,4-7H2,1-3H3,(H,15,17)/t8-,9+,11+/m0/s1. The van der Waals surface area contributed by atoms with E-state index in [1.807, 2.05) is 0 Å². The Hall–Kier alpha value is -2.16. The van der Waals surface area contributed by atoms with Crippen LogP contribution < -0.4 is 5.32 Å². The minimum Gasteiger partial charge on any atom is -0.469 e. The van der Waals surface area contributed by atoms with Crippen molar-refractivity contribution in [1.82, 2.24) is 5.32 Å². The molecule has 1 aliphatic rings. The van der Waals surface area contributed by atoms with Crippen molar-refractivity contribution in [3.8, 4) is 0 Å². The van der Waals surface area contributed by atoms with E-state index in [1.54, 1.807) is 0 Å². The molecular weight excluding hydrogens is 310 g/mol. The normalized spacial score (nSPS) is 19.3. The van der Waals surface area contributed by atoms with Gasteiger partial charge in [-0.05, 0) is 12.8 Å². The third-order valence-electron chi connectivity index (χ3n) is 3.50. The van der Waals surface area contributed by atoms with Gasteiger partial charge in [-0.15, -0.1) is 0 Å². The summed E-state index contributed by atoms with van der Waals surface area (Å²) in [7, 11) is 3.37. The monoisotopic (exact) mass is 331 g/mol. The van der Waals surface area contributed by atoms with Crippen LogP contribution in [0.15, 0.2) is 0 Å². The predicted octanol–water partition coefficient (Wildman–Crippen LogP) is -0.824. The molecule has 1 saturated heterocycles. The molecule has 0 aliphatic carbocycles. The molecule has 0 unspecified atom stereocenters. The number of carbonyl (C=O) groups excluding carboxylic acids is 4. The summed E-state index contributed by atoms with van der Waals surface area (Å²) in [5, 5.41) is 2.41. The number of ether oxygens (including phenoxy) is 4. The first-order valence-corrected chi connectivity index (χ1v) is 7.09. The average Bonchev–Trinajstić information content (AvgIpc) is 3.10. The number of nitrogens with one attached hydrogen (secondary N) is 1. The Labute approximate surface area is 133 Å². The van der Waals surface area contributed by atoms with Crippen molar-refractivity contribution in [3.05, 3.63) is 0 Å². The van der Waals surface area contributed by atoms with Gasteiger partial charge in [-0.2, -0.15) is 0 Å². The molecule has 0 saturated carbocycles. The molecule has 130 valence electrons. The molecule has 1 amide bonds. The quantitative estimate of drug-likeness (QED) is 0.475. The van der Waals surface area contributed by atoms with Gasteiger partial charge in [0, 0.05) is 6.61 Å². The lowest BCUT2D eigenvalue weighted by Crippen LogP contribution is -2.52. The van der Waals surface area contributed by atoms with Gasteiger partial charge in [0.2, 0.25) is 5.91 Å². The maximum atomic E-state index is 12.1. The first kappa shape index (κ1) is 18.9. The maximum Gasteiger partial charge on any atom is 0.329 e. The van der Waals surface area contributed by atoms with Crippen molar-refractivity contribution < 1.29 is 38.1 Å². The van der Waals surface area contributed by atoms with E-state index in [0.717, 1.165) is 27.8 Å². The maximum absolute atomic E-state index is 12.1. The van der Waals surface area contributed by atoms with Crippen LogP contribution in [-0.2, 0) is 38.1 Å². The third-order valence-corrected chi connectivity index (χ3v) is 3.50. The highest BCUT2D eigenvalue weighted by atomic mass is 16.5. The molecule has 9 heteroatoms. The zero-order chi connectivity index (χ0) is 17.4. The van der Waals surface area contributed by atoms with Crippen LogP contribution in [-0.4, -0.2) is 63.9 Å². The van der Waals surface area contributed by atoms with Gasteiger partial charge >= 0.3 is 17.9 Å². The van der Waals surface area contributed by atoms with E-state index < -0.39 is 48.3 Å². The van der Waals surface area contributed by atoms with Crippen LogP contribution in [0.5, 0.6) is 0 Å². The molecule has 0 aromatic rings. The fraction of sp³-hybridized carbons (Fsp3) is 0.714. The summed E-state index contributed by atoms with van der Waals surface area (Å²) >= 11 is 0. The van der Waals surface area contributed by atoms with Gasteiger partial charge in [0.25, 0.3) is 0 Å². The number of hydrogen-bond acceptors (Lipinski definition) is 8. The summed E-state index contributed by atoms with van der Waals surface area (Å²) in [4.78, 5) is 47.5. The smallest absolute Gasteiger partial charge is 0.329 e. The summed E-state index contributed by atoms with van der Waals surface area (Å²) in [6.45, 7) is 0.448. The molecule has 1 N–H and O–H groups in total. The third kappa shape index (κ3) is 5.20. The van der Waals surface area contributed by atoms with E-state index in [4.69, 9.17) is 4.74 Å². The van der Waals surface area contributed by atoms with E-state index in [1.165, 1.54) is 0 Å². The van der Waals surface area contributed by atoms with Crippen molar-refractivity contribution in [2.75, 3.05) is 27.9 Å². The molecule has 1 rings (SSSR count). The number of rotatable bonds is 7. The Morgan fingerprint density at radius 2 is 1.74 bits per heavy atom. The van der Waals surface area contributed by atoms with Gasteiger partial charge in [-0.25, -0.2) is 4.79 Å².